The van der Waals surface area contributed by atoms with E-state index in [-0.39, 0.29) is 12.5 Å². The summed E-state index contributed by atoms with van der Waals surface area (Å²) in [7, 11) is 0. The number of aliphatic hydroxyl groups is 1. The lowest BCUT2D eigenvalue weighted by Crippen LogP contribution is -2.34. The van der Waals surface area contributed by atoms with Gasteiger partial charge in [0, 0.05) is 6.54 Å². The van der Waals surface area contributed by atoms with Crippen LogP contribution >= 0.6 is 0 Å². The molecule has 3 heteroatoms. The Morgan fingerprint density at radius 1 is 1.33 bits per heavy atom. The van der Waals surface area contributed by atoms with Crippen LogP contribution < -0.4 is 0 Å². The first kappa shape index (κ1) is 9.50. The number of hydrogen-bond donors (Lipinski definition) is 1. The minimum Gasteiger partial charge on any atom is -0.395 e. The fraction of sp³-hybridized carbons (Fsp3) is 0.889. The lowest BCUT2D eigenvalue weighted by molar-refractivity contribution is 0.171. The van der Waals surface area contributed by atoms with Crippen molar-refractivity contribution in [3.8, 4) is 6.07 Å². The summed E-state index contributed by atoms with van der Waals surface area (Å²) in [4.78, 5) is 2.27. The summed E-state index contributed by atoms with van der Waals surface area (Å²) < 4.78 is 0. The molecule has 1 aliphatic heterocycles. The third kappa shape index (κ3) is 2.80. The largest absolute Gasteiger partial charge is 0.395 e. The third-order valence-corrected chi connectivity index (χ3v) is 2.33. The Labute approximate surface area is 73.6 Å². The van der Waals surface area contributed by atoms with Crippen LogP contribution in [0.3, 0.4) is 0 Å². The van der Waals surface area contributed by atoms with Crippen LogP contribution in [0, 0.1) is 17.2 Å². The Morgan fingerprint density at radius 2 is 2.00 bits per heavy atom. The van der Waals surface area contributed by atoms with Crippen molar-refractivity contribution in [3.05, 3.63) is 0 Å². The van der Waals surface area contributed by atoms with Gasteiger partial charge < -0.3 is 10.0 Å². The van der Waals surface area contributed by atoms with Crippen molar-refractivity contribution in [3.63, 3.8) is 0 Å². The first-order valence-corrected chi connectivity index (χ1v) is 4.59. The second kappa shape index (κ2) is 5.13. The smallest absolute Gasteiger partial charge is 0.0821 e. The topological polar surface area (TPSA) is 47.3 Å². The number of nitrogens with zero attached hydrogens (tertiary/aromatic N) is 2. The molecule has 3 nitrogen and oxygen atoms in total. The normalized spacial score (nSPS) is 21.7. The van der Waals surface area contributed by atoms with Crippen molar-refractivity contribution < 1.29 is 5.11 Å². The van der Waals surface area contributed by atoms with Gasteiger partial charge in [0.15, 0.2) is 0 Å². The molecule has 1 N–H and O–H groups in total. The number of likely N-dealkylation sites (tertiary alicyclic amines) is 1. The molecule has 1 fully saturated rings. The first-order valence-electron chi connectivity index (χ1n) is 4.59. The zero-order valence-corrected chi connectivity index (χ0v) is 7.37. The van der Waals surface area contributed by atoms with Gasteiger partial charge in [-0.05, 0) is 25.9 Å². The summed E-state index contributed by atoms with van der Waals surface area (Å²) in [5, 5.41) is 17.4. The molecular formula is C9H16N2O. The van der Waals surface area contributed by atoms with Crippen LogP contribution in [0.5, 0.6) is 0 Å². The predicted molar refractivity (Wildman–Crippen MR) is 46.5 cm³/mol. The molecule has 0 spiro atoms. The second-order valence-electron chi connectivity index (χ2n) is 3.37. The van der Waals surface area contributed by atoms with E-state index in [1.54, 1.807) is 0 Å². The molecule has 0 aliphatic carbocycles. The number of rotatable bonds is 3. The molecule has 0 saturated carbocycles. The molecular weight excluding hydrogens is 152 g/mol. The molecule has 0 amide bonds. The fourth-order valence-corrected chi connectivity index (χ4v) is 1.59. The van der Waals surface area contributed by atoms with Gasteiger partial charge in [-0.15, -0.1) is 0 Å². The summed E-state index contributed by atoms with van der Waals surface area (Å²) >= 11 is 0. The van der Waals surface area contributed by atoms with Crippen LogP contribution in [-0.2, 0) is 0 Å². The molecule has 68 valence electrons. The first-order chi connectivity index (χ1) is 5.86. The summed E-state index contributed by atoms with van der Waals surface area (Å²) in [6, 6.07) is 2.11. The molecule has 0 radical (unpaired) electrons. The molecule has 1 aliphatic rings. The number of hydrogen-bond acceptors (Lipinski definition) is 3. The molecule has 0 bridgehead atoms. The van der Waals surface area contributed by atoms with E-state index in [4.69, 9.17) is 10.4 Å². The van der Waals surface area contributed by atoms with Crippen molar-refractivity contribution in [2.75, 3.05) is 26.2 Å². The van der Waals surface area contributed by atoms with Gasteiger partial charge in [0.25, 0.3) is 0 Å². The highest BCUT2D eigenvalue weighted by Crippen LogP contribution is 2.10. The van der Waals surface area contributed by atoms with Gasteiger partial charge in [0.05, 0.1) is 18.6 Å². The van der Waals surface area contributed by atoms with E-state index in [0.29, 0.717) is 0 Å². The van der Waals surface area contributed by atoms with E-state index < -0.39 is 0 Å². The lowest BCUT2D eigenvalue weighted by Gasteiger charge is -2.27. The average molecular weight is 168 g/mol. The van der Waals surface area contributed by atoms with Crippen LogP contribution in [-0.4, -0.2) is 36.2 Å². The predicted octanol–water partition coefficient (Wildman–Crippen LogP) is 0.604. The fourth-order valence-electron chi connectivity index (χ4n) is 1.59. The minimum absolute atomic E-state index is 0.00694. The van der Waals surface area contributed by atoms with E-state index in [1.165, 1.54) is 19.3 Å². The highest BCUT2D eigenvalue weighted by molar-refractivity contribution is 4.85. The van der Waals surface area contributed by atoms with Crippen molar-refractivity contribution in [1.29, 1.82) is 5.26 Å². The van der Waals surface area contributed by atoms with E-state index in [0.717, 1.165) is 19.6 Å². The maximum atomic E-state index is 8.81. The van der Waals surface area contributed by atoms with Crippen molar-refractivity contribution in [2.24, 2.45) is 5.92 Å². The van der Waals surface area contributed by atoms with Gasteiger partial charge >= 0.3 is 0 Å². The molecule has 1 rings (SSSR count). The Kier molecular flexibility index (Phi) is 4.06. The van der Waals surface area contributed by atoms with Crippen LogP contribution in [0.1, 0.15) is 19.3 Å². The lowest BCUT2D eigenvalue weighted by atomic mass is 10.1. The van der Waals surface area contributed by atoms with E-state index in [1.807, 2.05) is 0 Å². The average Bonchev–Trinajstić information content (AvgIpc) is 2.16. The van der Waals surface area contributed by atoms with Crippen molar-refractivity contribution >= 4 is 0 Å². The van der Waals surface area contributed by atoms with Gasteiger partial charge in [0.1, 0.15) is 0 Å². The SMILES string of the molecule is N#CC(CO)CN1CCCCC1. The molecule has 1 heterocycles. The van der Waals surface area contributed by atoms with Crippen molar-refractivity contribution in [2.45, 2.75) is 19.3 Å². The van der Waals surface area contributed by atoms with Crippen LogP contribution in [0.15, 0.2) is 0 Å². The van der Waals surface area contributed by atoms with E-state index in [2.05, 4.69) is 11.0 Å². The molecule has 1 atom stereocenters. The van der Waals surface area contributed by atoms with Gasteiger partial charge in [-0.2, -0.15) is 5.26 Å². The number of aliphatic hydroxyl groups excluding tert-OH is 1. The van der Waals surface area contributed by atoms with E-state index in [9.17, 15) is 0 Å². The van der Waals surface area contributed by atoms with Crippen LogP contribution in [0.25, 0.3) is 0 Å². The summed E-state index contributed by atoms with van der Waals surface area (Å²) in [6.07, 6.45) is 3.79. The molecule has 0 aromatic rings. The standard InChI is InChI=1S/C9H16N2O/c10-6-9(8-12)7-11-4-2-1-3-5-11/h9,12H,1-5,7-8H2. The Hall–Kier alpha value is -0.590. The second-order valence-corrected chi connectivity index (χ2v) is 3.37. The van der Waals surface area contributed by atoms with Gasteiger partial charge in [-0.3, -0.25) is 0 Å². The highest BCUT2D eigenvalue weighted by atomic mass is 16.3. The zero-order chi connectivity index (χ0) is 8.81. The number of piperidine rings is 1. The number of nitriles is 1. The monoisotopic (exact) mass is 168 g/mol. The summed E-state index contributed by atoms with van der Waals surface area (Å²) in [6.45, 7) is 2.93. The summed E-state index contributed by atoms with van der Waals surface area (Å²) in [5.74, 6) is -0.192. The van der Waals surface area contributed by atoms with Gasteiger partial charge in [-0.25, -0.2) is 0 Å². The van der Waals surface area contributed by atoms with Gasteiger partial charge in [-0.1, -0.05) is 6.42 Å². The van der Waals surface area contributed by atoms with E-state index >= 15 is 0 Å². The maximum Gasteiger partial charge on any atom is 0.0821 e. The minimum atomic E-state index is -0.192. The molecule has 0 aromatic carbocycles. The molecule has 1 saturated heterocycles. The highest BCUT2D eigenvalue weighted by Gasteiger charge is 2.14. The Bertz CT molecular complexity index is 158. The van der Waals surface area contributed by atoms with Gasteiger partial charge in [0.2, 0.25) is 0 Å². The summed E-state index contributed by atoms with van der Waals surface area (Å²) in [5.41, 5.74) is 0. The molecule has 0 aromatic heterocycles. The Morgan fingerprint density at radius 3 is 2.50 bits per heavy atom. The van der Waals surface area contributed by atoms with Crippen LogP contribution in [0.2, 0.25) is 0 Å². The molecule has 1 unspecified atom stereocenters. The third-order valence-electron chi connectivity index (χ3n) is 2.33. The van der Waals surface area contributed by atoms with Crippen LogP contribution in [0.4, 0.5) is 0 Å². The molecule has 12 heavy (non-hydrogen) atoms. The van der Waals surface area contributed by atoms with Crippen molar-refractivity contribution in [1.82, 2.24) is 4.90 Å². The quantitative estimate of drug-likeness (QED) is 0.671. The zero-order valence-electron chi connectivity index (χ0n) is 7.37. The Balaban J connectivity index is 2.24. The maximum absolute atomic E-state index is 8.81.